The predicted octanol–water partition coefficient (Wildman–Crippen LogP) is 3.29. The van der Waals surface area contributed by atoms with Crippen molar-refractivity contribution in [3.8, 4) is 0 Å². The fraction of sp³-hybridized carbons (Fsp3) is 0.706. The lowest BCUT2D eigenvalue weighted by atomic mass is 10.1. The Kier molecular flexibility index (Phi) is 8.11. The molecular weight excluding hydrogens is 330 g/mol. The summed E-state index contributed by atoms with van der Waals surface area (Å²) in [6, 6.07) is 0. The van der Waals surface area contributed by atoms with Crippen LogP contribution in [0, 0.1) is 0 Å². The van der Waals surface area contributed by atoms with Crippen LogP contribution in [0.5, 0.6) is 0 Å². The first-order valence-electron chi connectivity index (χ1n) is 7.96. The number of hydrogen-bond donors (Lipinski definition) is 2. The number of aliphatic hydroxyl groups excluding tert-OH is 1. The van der Waals surface area contributed by atoms with Gasteiger partial charge in [0.15, 0.2) is 0 Å². The first-order chi connectivity index (χ1) is 11.1. The van der Waals surface area contributed by atoms with Crippen molar-refractivity contribution in [3.63, 3.8) is 0 Å². The zero-order valence-corrected chi connectivity index (χ0v) is 15.8. The molecule has 0 heterocycles. The number of nitrogens with zero attached hydrogens (tertiary/aromatic N) is 1. The van der Waals surface area contributed by atoms with Gasteiger partial charge >= 0.3 is 18.2 Å². The maximum absolute atomic E-state index is 12.3. The molecule has 0 bridgehead atoms. The minimum absolute atomic E-state index is 0.0369. The molecule has 0 fully saturated rings. The summed E-state index contributed by atoms with van der Waals surface area (Å²) in [4.78, 5) is 35.9. The van der Waals surface area contributed by atoms with Gasteiger partial charge < -0.3 is 19.7 Å². The van der Waals surface area contributed by atoms with Crippen LogP contribution in [0.4, 0.5) is 9.59 Å². The second-order valence-electron chi connectivity index (χ2n) is 7.65. The van der Waals surface area contributed by atoms with Crippen LogP contribution in [0.1, 0.15) is 60.8 Å². The minimum atomic E-state index is -1.07. The molecule has 0 saturated carbocycles. The fourth-order valence-electron chi connectivity index (χ4n) is 1.70. The van der Waals surface area contributed by atoms with E-state index >= 15 is 0 Å². The maximum atomic E-state index is 12.3. The minimum Gasteiger partial charge on any atom is -0.481 e. The summed E-state index contributed by atoms with van der Waals surface area (Å²) in [6.45, 7) is 13.5. The number of imide groups is 1. The number of carbonyl (C=O) groups excluding carboxylic acids is 2. The number of carboxylic acid groups (broad SMARTS) is 1. The van der Waals surface area contributed by atoms with Crippen molar-refractivity contribution >= 4 is 18.2 Å². The van der Waals surface area contributed by atoms with Crippen molar-refractivity contribution in [2.45, 2.75) is 78.1 Å². The van der Waals surface area contributed by atoms with E-state index in [4.69, 9.17) is 14.6 Å². The average Bonchev–Trinajstić information content (AvgIpc) is 2.31. The zero-order chi connectivity index (χ0) is 20.0. The number of amides is 2. The smallest absolute Gasteiger partial charge is 0.424 e. The van der Waals surface area contributed by atoms with Crippen molar-refractivity contribution in [2.24, 2.45) is 0 Å². The molecule has 0 aromatic rings. The highest BCUT2D eigenvalue weighted by molar-refractivity contribution is 5.90. The molecule has 0 aliphatic rings. The van der Waals surface area contributed by atoms with Gasteiger partial charge in [0, 0.05) is 18.5 Å². The average molecular weight is 359 g/mol. The Bertz CT molecular complexity index is 486. The molecule has 0 rings (SSSR count). The van der Waals surface area contributed by atoms with Gasteiger partial charge in [0.25, 0.3) is 0 Å². The van der Waals surface area contributed by atoms with Gasteiger partial charge in [-0.1, -0.05) is 6.58 Å². The van der Waals surface area contributed by atoms with Gasteiger partial charge in [-0.3, -0.25) is 4.79 Å². The Hall–Kier alpha value is -2.09. The summed E-state index contributed by atoms with van der Waals surface area (Å²) >= 11 is 0. The zero-order valence-electron chi connectivity index (χ0n) is 15.8. The van der Waals surface area contributed by atoms with Crippen LogP contribution >= 0.6 is 0 Å². The summed E-state index contributed by atoms with van der Waals surface area (Å²) in [7, 11) is 0. The van der Waals surface area contributed by atoms with Gasteiger partial charge in [0.1, 0.15) is 11.2 Å². The molecule has 0 aliphatic carbocycles. The Morgan fingerprint density at radius 1 is 1.00 bits per heavy atom. The molecule has 8 nitrogen and oxygen atoms in total. The van der Waals surface area contributed by atoms with E-state index in [9.17, 15) is 19.5 Å². The molecule has 0 aromatic heterocycles. The standard InChI is InChI=1S/C17H29NO7/c1-11(10-12(19)8-9-13(20)21)18(14(22)24-16(2,3)4)15(23)25-17(5,6)7/h12,19H,1,8-10H2,2-7H3,(H,20,21)/t12-/m0/s1. The third-order valence-electron chi connectivity index (χ3n) is 2.63. The van der Waals surface area contributed by atoms with Crippen molar-refractivity contribution in [3.05, 3.63) is 12.3 Å². The molecule has 0 aromatic carbocycles. The molecule has 2 amide bonds. The van der Waals surface area contributed by atoms with Crippen molar-refractivity contribution in [2.75, 3.05) is 0 Å². The SMILES string of the molecule is C=C(C[C@@H](O)CCC(=O)O)N(C(=O)OC(C)(C)C)C(=O)OC(C)(C)C. The topological polar surface area (TPSA) is 113 Å². The Balaban J connectivity index is 5.22. The molecule has 8 heteroatoms. The van der Waals surface area contributed by atoms with Crippen LogP contribution in [0.25, 0.3) is 0 Å². The van der Waals surface area contributed by atoms with E-state index in [-0.39, 0.29) is 25.0 Å². The van der Waals surface area contributed by atoms with Gasteiger partial charge in [-0.25, -0.2) is 9.59 Å². The van der Waals surface area contributed by atoms with E-state index in [0.717, 1.165) is 0 Å². The molecule has 0 saturated heterocycles. The fourth-order valence-corrected chi connectivity index (χ4v) is 1.70. The third-order valence-corrected chi connectivity index (χ3v) is 2.63. The van der Waals surface area contributed by atoms with Crippen LogP contribution in [0.3, 0.4) is 0 Å². The summed E-state index contributed by atoms with van der Waals surface area (Å²) in [6.07, 6.45) is -3.48. The molecule has 144 valence electrons. The van der Waals surface area contributed by atoms with E-state index in [1.807, 2.05) is 0 Å². The normalized spacial score (nSPS) is 12.9. The first kappa shape index (κ1) is 22.9. The second kappa shape index (κ2) is 8.84. The van der Waals surface area contributed by atoms with E-state index in [1.165, 1.54) is 0 Å². The number of ether oxygens (including phenoxy) is 2. The number of aliphatic carboxylic acids is 1. The lowest BCUT2D eigenvalue weighted by molar-refractivity contribution is -0.137. The Labute approximate surface area is 148 Å². The number of aliphatic hydroxyl groups is 1. The van der Waals surface area contributed by atoms with Crippen LogP contribution < -0.4 is 0 Å². The van der Waals surface area contributed by atoms with Crippen molar-refractivity contribution in [1.82, 2.24) is 4.90 Å². The highest BCUT2D eigenvalue weighted by Crippen LogP contribution is 2.21. The molecule has 0 aliphatic heterocycles. The number of rotatable bonds is 6. The number of carbonyl (C=O) groups is 3. The summed E-state index contributed by atoms with van der Waals surface area (Å²) in [5, 5.41) is 18.5. The molecule has 1 atom stereocenters. The van der Waals surface area contributed by atoms with E-state index in [0.29, 0.717) is 4.90 Å². The van der Waals surface area contributed by atoms with Gasteiger partial charge in [-0.15, -0.1) is 0 Å². The molecule has 0 radical (unpaired) electrons. The number of carboxylic acids is 1. The van der Waals surface area contributed by atoms with E-state index < -0.39 is 35.5 Å². The lowest BCUT2D eigenvalue weighted by Gasteiger charge is -2.30. The quantitative estimate of drug-likeness (QED) is 0.748. The third kappa shape index (κ3) is 10.4. The summed E-state index contributed by atoms with van der Waals surface area (Å²) in [5.74, 6) is -1.05. The monoisotopic (exact) mass is 359 g/mol. The van der Waals surface area contributed by atoms with Crippen LogP contribution in [0.15, 0.2) is 12.3 Å². The van der Waals surface area contributed by atoms with E-state index in [1.54, 1.807) is 41.5 Å². The highest BCUT2D eigenvalue weighted by Gasteiger charge is 2.33. The van der Waals surface area contributed by atoms with Crippen LogP contribution in [0.2, 0.25) is 0 Å². The largest absolute Gasteiger partial charge is 0.481 e. The predicted molar refractivity (Wildman–Crippen MR) is 90.9 cm³/mol. The van der Waals surface area contributed by atoms with Gasteiger partial charge in [-0.2, -0.15) is 4.90 Å². The second-order valence-corrected chi connectivity index (χ2v) is 7.65. The van der Waals surface area contributed by atoms with Gasteiger partial charge in [0.05, 0.1) is 6.10 Å². The van der Waals surface area contributed by atoms with E-state index in [2.05, 4.69) is 6.58 Å². The van der Waals surface area contributed by atoms with Crippen LogP contribution in [-0.2, 0) is 14.3 Å². The van der Waals surface area contributed by atoms with Crippen molar-refractivity contribution < 1.29 is 34.1 Å². The first-order valence-corrected chi connectivity index (χ1v) is 7.96. The summed E-state index contributed by atoms with van der Waals surface area (Å²) in [5.41, 5.74) is -1.74. The summed E-state index contributed by atoms with van der Waals surface area (Å²) < 4.78 is 10.4. The number of hydrogen-bond acceptors (Lipinski definition) is 6. The highest BCUT2D eigenvalue weighted by atomic mass is 16.6. The molecular formula is C17H29NO7. The Morgan fingerprint density at radius 3 is 1.72 bits per heavy atom. The lowest BCUT2D eigenvalue weighted by Crippen LogP contribution is -2.43. The Morgan fingerprint density at radius 2 is 1.40 bits per heavy atom. The molecule has 0 spiro atoms. The molecule has 0 unspecified atom stereocenters. The molecule has 2 N–H and O–H groups in total. The van der Waals surface area contributed by atoms with Crippen LogP contribution in [-0.4, -0.2) is 50.6 Å². The molecule has 25 heavy (non-hydrogen) atoms. The van der Waals surface area contributed by atoms with Gasteiger partial charge in [0.2, 0.25) is 0 Å². The van der Waals surface area contributed by atoms with Crippen molar-refractivity contribution in [1.29, 1.82) is 0 Å². The maximum Gasteiger partial charge on any atom is 0.424 e. The van der Waals surface area contributed by atoms with Gasteiger partial charge in [-0.05, 0) is 48.0 Å².